The molecule has 0 unspecified atom stereocenters. The lowest BCUT2D eigenvalue weighted by Crippen LogP contribution is -2.34. The Labute approximate surface area is 170 Å². The van der Waals surface area contributed by atoms with Crippen molar-refractivity contribution in [3.63, 3.8) is 0 Å². The maximum atomic E-state index is 12.6. The second-order valence-electron chi connectivity index (χ2n) is 6.26. The molecule has 0 aliphatic rings. The number of aryl methyl sites for hydroxylation is 1. The lowest BCUT2D eigenvalue weighted by Gasteiger charge is -2.19. The van der Waals surface area contributed by atoms with Crippen LogP contribution in [0.1, 0.15) is 23.0 Å². The number of hydrogen-bond acceptors (Lipinski definition) is 3. The summed E-state index contributed by atoms with van der Waals surface area (Å²) < 4.78 is 44.9. The van der Waals surface area contributed by atoms with Crippen molar-refractivity contribution in [2.75, 3.05) is 6.61 Å². The van der Waals surface area contributed by atoms with Gasteiger partial charge in [-0.2, -0.15) is 13.2 Å². The number of imidazole rings is 1. The van der Waals surface area contributed by atoms with E-state index in [4.69, 9.17) is 16.3 Å². The Morgan fingerprint density at radius 1 is 1.17 bits per heavy atom. The molecule has 2 aromatic carbocycles. The fraction of sp³-hybridized carbons (Fsp3) is 0.200. The van der Waals surface area contributed by atoms with E-state index in [0.717, 1.165) is 17.7 Å². The van der Waals surface area contributed by atoms with Crippen LogP contribution in [0.5, 0.6) is 5.75 Å². The summed E-state index contributed by atoms with van der Waals surface area (Å²) in [5.74, 6) is 0.316. The number of ether oxygens (including phenoxy) is 1. The van der Waals surface area contributed by atoms with Gasteiger partial charge in [0.2, 0.25) is 0 Å². The topological polar surface area (TPSA) is 56.2 Å². The maximum Gasteiger partial charge on any atom is 0.416 e. The number of amides is 1. The average molecular weight is 424 g/mol. The molecule has 3 rings (SSSR count). The summed E-state index contributed by atoms with van der Waals surface area (Å²) in [6.07, 6.45) is -1.06. The van der Waals surface area contributed by atoms with E-state index in [1.54, 1.807) is 48.3 Å². The highest BCUT2D eigenvalue weighted by Crippen LogP contribution is 2.30. The number of nitrogens with zero attached hydrogens (tertiary/aromatic N) is 2. The number of alkyl halides is 3. The van der Waals surface area contributed by atoms with Gasteiger partial charge in [-0.05, 0) is 42.0 Å². The van der Waals surface area contributed by atoms with Crippen LogP contribution in [0.3, 0.4) is 0 Å². The summed E-state index contributed by atoms with van der Waals surface area (Å²) >= 11 is 5.94. The summed E-state index contributed by atoms with van der Waals surface area (Å²) in [4.78, 5) is 16.7. The molecule has 5 nitrogen and oxygen atoms in total. The molecule has 1 amide bonds. The first-order valence-electron chi connectivity index (χ1n) is 8.56. The number of hydrogen-bond donors (Lipinski definition) is 1. The van der Waals surface area contributed by atoms with Gasteiger partial charge in [0.15, 0.2) is 6.61 Å². The van der Waals surface area contributed by atoms with Crippen molar-refractivity contribution in [2.24, 2.45) is 7.05 Å². The van der Waals surface area contributed by atoms with Crippen LogP contribution in [0, 0.1) is 0 Å². The van der Waals surface area contributed by atoms with Gasteiger partial charge < -0.3 is 14.6 Å². The first-order valence-corrected chi connectivity index (χ1v) is 8.94. The van der Waals surface area contributed by atoms with Crippen LogP contribution in [0.15, 0.2) is 60.9 Å². The van der Waals surface area contributed by atoms with E-state index in [9.17, 15) is 18.0 Å². The van der Waals surface area contributed by atoms with Crippen molar-refractivity contribution < 1.29 is 22.7 Å². The normalized spacial score (nSPS) is 12.4. The third kappa shape index (κ3) is 5.29. The van der Waals surface area contributed by atoms with Gasteiger partial charge in [-0.1, -0.05) is 23.7 Å². The molecule has 3 aromatic rings. The molecule has 1 aromatic heterocycles. The van der Waals surface area contributed by atoms with Crippen LogP contribution >= 0.6 is 11.6 Å². The van der Waals surface area contributed by atoms with Gasteiger partial charge >= 0.3 is 6.18 Å². The SMILES string of the molecule is Cn1ccnc1[C@H](NC(=O)COc1ccc(C(F)(F)F)cc1)c1ccc(Cl)cc1. The molecule has 29 heavy (non-hydrogen) atoms. The maximum absolute atomic E-state index is 12.6. The fourth-order valence-corrected chi connectivity index (χ4v) is 2.83. The monoisotopic (exact) mass is 423 g/mol. The van der Waals surface area contributed by atoms with E-state index in [2.05, 4.69) is 10.3 Å². The second-order valence-corrected chi connectivity index (χ2v) is 6.70. The van der Waals surface area contributed by atoms with Crippen LogP contribution in [-0.2, 0) is 18.0 Å². The fourth-order valence-electron chi connectivity index (χ4n) is 2.70. The molecule has 0 saturated heterocycles. The van der Waals surface area contributed by atoms with E-state index in [-0.39, 0.29) is 12.4 Å². The molecule has 0 fully saturated rings. The Bertz CT molecular complexity index is 970. The van der Waals surface area contributed by atoms with Gasteiger partial charge in [0, 0.05) is 24.5 Å². The first-order chi connectivity index (χ1) is 13.7. The lowest BCUT2D eigenvalue weighted by molar-refractivity contribution is -0.137. The number of rotatable bonds is 6. The molecule has 0 saturated carbocycles. The first kappa shape index (κ1) is 20.7. The van der Waals surface area contributed by atoms with E-state index in [0.29, 0.717) is 10.8 Å². The molecule has 9 heteroatoms. The molecule has 1 N–H and O–H groups in total. The second kappa shape index (κ2) is 8.57. The zero-order valence-electron chi connectivity index (χ0n) is 15.3. The lowest BCUT2D eigenvalue weighted by atomic mass is 10.1. The smallest absolute Gasteiger partial charge is 0.416 e. The summed E-state index contributed by atoms with van der Waals surface area (Å²) in [5.41, 5.74) is -0.0153. The third-order valence-electron chi connectivity index (χ3n) is 4.18. The van der Waals surface area contributed by atoms with Crippen LogP contribution in [0.25, 0.3) is 0 Å². The molecular formula is C20H17ClF3N3O2. The van der Waals surface area contributed by atoms with E-state index in [1.807, 2.05) is 0 Å². The Kier molecular flexibility index (Phi) is 6.12. The zero-order valence-corrected chi connectivity index (χ0v) is 16.0. The van der Waals surface area contributed by atoms with E-state index < -0.39 is 23.7 Å². The van der Waals surface area contributed by atoms with Gasteiger partial charge in [-0.3, -0.25) is 4.79 Å². The third-order valence-corrected chi connectivity index (χ3v) is 4.43. The highest BCUT2D eigenvalue weighted by atomic mass is 35.5. The minimum absolute atomic E-state index is 0.160. The van der Waals surface area contributed by atoms with Gasteiger partial charge in [0.05, 0.1) is 5.56 Å². The molecule has 0 aliphatic heterocycles. The number of benzene rings is 2. The predicted molar refractivity (Wildman–Crippen MR) is 102 cm³/mol. The van der Waals surface area contributed by atoms with Crippen molar-refractivity contribution in [3.05, 3.63) is 82.9 Å². The number of halogens is 4. The summed E-state index contributed by atoms with van der Waals surface area (Å²) in [5, 5.41) is 3.39. The average Bonchev–Trinajstić information content (AvgIpc) is 3.10. The minimum Gasteiger partial charge on any atom is -0.484 e. The Morgan fingerprint density at radius 2 is 1.83 bits per heavy atom. The minimum atomic E-state index is -4.43. The molecule has 1 heterocycles. The van der Waals surface area contributed by atoms with Gasteiger partial charge in [0.1, 0.15) is 17.6 Å². The van der Waals surface area contributed by atoms with Crippen molar-refractivity contribution in [3.8, 4) is 5.75 Å². The van der Waals surface area contributed by atoms with Gasteiger partial charge in [-0.15, -0.1) is 0 Å². The molecule has 0 spiro atoms. The highest BCUT2D eigenvalue weighted by Gasteiger charge is 2.30. The molecular weight excluding hydrogens is 407 g/mol. The molecule has 1 atom stereocenters. The summed E-state index contributed by atoms with van der Waals surface area (Å²) in [6, 6.07) is 10.6. The van der Waals surface area contributed by atoms with E-state index >= 15 is 0 Å². The largest absolute Gasteiger partial charge is 0.484 e. The Morgan fingerprint density at radius 3 is 2.38 bits per heavy atom. The standard InChI is InChI=1S/C20H17ClF3N3O2/c1-27-11-10-25-19(27)18(13-2-6-15(21)7-3-13)26-17(28)12-29-16-8-4-14(5-9-16)20(22,23)24/h2-11,18H,12H2,1H3,(H,26,28)/t18-/m1/s1. The van der Waals surface area contributed by atoms with Crippen molar-refractivity contribution in [1.82, 2.24) is 14.9 Å². The van der Waals surface area contributed by atoms with Crippen LogP contribution in [0.4, 0.5) is 13.2 Å². The van der Waals surface area contributed by atoms with Crippen LogP contribution in [-0.4, -0.2) is 22.1 Å². The zero-order chi connectivity index (χ0) is 21.0. The number of carbonyl (C=O) groups excluding carboxylic acids is 1. The summed E-state index contributed by atoms with van der Waals surface area (Å²) in [6.45, 7) is -0.361. The quantitative estimate of drug-likeness (QED) is 0.640. The van der Waals surface area contributed by atoms with Crippen molar-refractivity contribution >= 4 is 17.5 Å². The van der Waals surface area contributed by atoms with Crippen LogP contribution in [0.2, 0.25) is 5.02 Å². The van der Waals surface area contributed by atoms with Crippen LogP contribution < -0.4 is 10.1 Å². The Balaban J connectivity index is 1.69. The van der Waals surface area contributed by atoms with E-state index in [1.165, 1.54) is 12.1 Å². The van der Waals surface area contributed by atoms with Crippen molar-refractivity contribution in [1.29, 1.82) is 0 Å². The predicted octanol–water partition coefficient (Wildman–Crippen LogP) is 4.38. The number of aromatic nitrogens is 2. The Hall–Kier alpha value is -3.00. The highest BCUT2D eigenvalue weighted by molar-refractivity contribution is 6.30. The molecule has 0 radical (unpaired) electrons. The van der Waals surface area contributed by atoms with Crippen molar-refractivity contribution in [2.45, 2.75) is 12.2 Å². The molecule has 152 valence electrons. The summed E-state index contributed by atoms with van der Waals surface area (Å²) in [7, 11) is 1.80. The van der Waals surface area contributed by atoms with Gasteiger partial charge in [0.25, 0.3) is 5.91 Å². The molecule has 0 bridgehead atoms. The van der Waals surface area contributed by atoms with Gasteiger partial charge in [-0.25, -0.2) is 4.98 Å². The number of nitrogens with one attached hydrogen (secondary N) is 1. The molecule has 0 aliphatic carbocycles. The number of carbonyl (C=O) groups is 1.